The molecule has 1 N–H and O–H groups in total. The standard InChI is InChI=1S/C17H21N7O/c1-12-9-24(17-14-8-21-22-16(14)19-11-20-17)6-5-23(12)10-13-3-4-15(25-2)18-7-13/h3-4,7-8,11-12H,5-6,9-10H2,1-2H3,(H,19,20,21,22). The summed E-state index contributed by atoms with van der Waals surface area (Å²) < 4.78 is 5.12. The number of H-pyrrole nitrogens is 1. The van der Waals surface area contributed by atoms with Crippen LogP contribution in [0.3, 0.4) is 0 Å². The average Bonchev–Trinajstić information content (AvgIpc) is 3.13. The highest BCUT2D eigenvalue weighted by Gasteiger charge is 2.26. The van der Waals surface area contributed by atoms with Crippen molar-refractivity contribution in [1.82, 2.24) is 30.0 Å². The molecule has 1 aliphatic heterocycles. The maximum atomic E-state index is 5.12. The van der Waals surface area contributed by atoms with Crippen molar-refractivity contribution in [2.75, 3.05) is 31.6 Å². The van der Waals surface area contributed by atoms with Crippen molar-refractivity contribution in [2.45, 2.75) is 19.5 Å². The molecule has 0 aliphatic carbocycles. The third kappa shape index (κ3) is 3.12. The first-order valence-electron chi connectivity index (χ1n) is 8.36. The first kappa shape index (κ1) is 15.8. The molecule has 8 nitrogen and oxygen atoms in total. The fourth-order valence-corrected chi connectivity index (χ4v) is 3.29. The van der Waals surface area contributed by atoms with Crippen molar-refractivity contribution in [2.24, 2.45) is 0 Å². The molecule has 4 rings (SSSR count). The quantitative estimate of drug-likeness (QED) is 0.770. The van der Waals surface area contributed by atoms with E-state index in [9.17, 15) is 0 Å². The number of nitrogens with one attached hydrogen (secondary N) is 1. The molecule has 8 heteroatoms. The maximum Gasteiger partial charge on any atom is 0.212 e. The van der Waals surface area contributed by atoms with Gasteiger partial charge in [-0.2, -0.15) is 5.10 Å². The highest BCUT2D eigenvalue weighted by Crippen LogP contribution is 2.24. The Morgan fingerprint density at radius 3 is 2.88 bits per heavy atom. The number of aromatic nitrogens is 5. The first-order chi connectivity index (χ1) is 12.2. The van der Waals surface area contributed by atoms with Crippen molar-refractivity contribution < 1.29 is 4.74 Å². The van der Waals surface area contributed by atoms with E-state index in [-0.39, 0.29) is 0 Å². The van der Waals surface area contributed by atoms with Crippen LogP contribution in [0.1, 0.15) is 12.5 Å². The average molecular weight is 339 g/mol. The number of rotatable bonds is 4. The molecule has 1 atom stereocenters. The Kier molecular flexibility index (Phi) is 4.19. The third-order valence-corrected chi connectivity index (χ3v) is 4.68. The Morgan fingerprint density at radius 2 is 2.12 bits per heavy atom. The van der Waals surface area contributed by atoms with Crippen LogP contribution in [0.25, 0.3) is 11.0 Å². The molecule has 0 bridgehead atoms. The van der Waals surface area contributed by atoms with Gasteiger partial charge in [0.15, 0.2) is 5.65 Å². The number of anilines is 1. The third-order valence-electron chi connectivity index (χ3n) is 4.68. The predicted molar refractivity (Wildman–Crippen MR) is 94.6 cm³/mol. The maximum absolute atomic E-state index is 5.12. The number of fused-ring (bicyclic) bond motifs is 1. The number of piperazine rings is 1. The normalized spacial score (nSPS) is 18.6. The number of ether oxygens (including phenoxy) is 1. The fourth-order valence-electron chi connectivity index (χ4n) is 3.29. The van der Waals surface area contributed by atoms with E-state index in [0.717, 1.165) is 43.0 Å². The molecule has 0 radical (unpaired) electrons. The van der Waals surface area contributed by atoms with E-state index in [1.807, 2.05) is 12.3 Å². The Balaban J connectivity index is 1.45. The van der Waals surface area contributed by atoms with Gasteiger partial charge in [-0.25, -0.2) is 15.0 Å². The van der Waals surface area contributed by atoms with Crippen LogP contribution in [-0.2, 0) is 6.54 Å². The van der Waals surface area contributed by atoms with Crippen molar-refractivity contribution in [3.05, 3.63) is 36.4 Å². The van der Waals surface area contributed by atoms with Gasteiger partial charge in [0.25, 0.3) is 0 Å². The van der Waals surface area contributed by atoms with Crippen LogP contribution in [-0.4, -0.2) is 62.8 Å². The minimum atomic E-state index is 0.410. The second kappa shape index (κ2) is 6.64. The lowest BCUT2D eigenvalue weighted by molar-refractivity contribution is 0.180. The zero-order valence-electron chi connectivity index (χ0n) is 14.4. The predicted octanol–water partition coefficient (Wildman–Crippen LogP) is 1.47. The van der Waals surface area contributed by atoms with Gasteiger partial charge in [-0.1, -0.05) is 6.07 Å². The van der Waals surface area contributed by atoms with Crippen molar-refractivity contribution >= 4 is 16.9 Å². The minimum absolute atomic E-state index is 0.410. The molecule has 1 saturated heterocycles. The van der Waals surface area contributed by atoms with Gasteiger partial charge >= 0.3 is 0 Å². The van der Waals surface area contributed by atoms with Crippen LogP contribution < -0.4 is 9.64 Å². The first-order valence-corrected chi connectivity index (χ1v) is 8.36. The monoisotopic (exact) mass is 339 g/mol. The summed E-state index contributed by atoms with van der Waals surface area (Å²) in [5, 5.41) is 7.96. The topological polar surface area (TPSA) is 83.1 Å². The lowest BCUT2D eigenvalue weighted by atomic mass is 10.1. The Bertz CT molecular complexity index is 848. The lowest BCUT2D eigenvalue weighted by Gasteiger charge is -2.40. The summed E-state index contributed by atoms with van der Waals surface area (Å²) in [5.74, 6) is 1.60. The molecule has 3 aromatic heterocycles. The van der Waals surface area contributed by atoms with E-state index in [0.29, 0.717) is 11.9 Å². The lowest BCUT2D eigenvalue weighted by Crippen LogP contribution is -2.51. The van der Waals surface area contributed by atoms with Crippen molar-refractivity contribution in [1.29, 1.82) is 0 Å². The van der Waals surface area contributed by atoms with Gasteiger partial charge in [-0.05, 0) is 12.5 Å². The number of pyridine rings is 1. The van der Waals surface area contributed by atoms with Gasteiger partial charge in [0.05, 0.1) is 18.7 Å². The van der Waals surface area contributed by atoms with E-state index in [4.69, 9.17) is 4.74 Å². The summed E-state index contributed by atoms with van der Waals surface area (Å²) in [6, 6.07) is 4.39. The molecule has 1 unspecified atom stereocenters. The summed E-state index contributed by atoms with van der Waals surface area (Å²) in [7, 11) is 1.63. The Labute approximate surface area is 145 Å². The fraction of sp³-hybridized carbons (Fsp3) is 0.412. The summed E-state index contributed by atoms with van der Waals surface area (Å²) in [6.07, 6.45) is 5.28. The van der Waals surface area contributed by atoms with Crippen molar-refractivity contribution in [3.63, 3.8) is 0 Å². The number of hydrogen-bond acceptors (Lipinski definition) is 7. The summed E-state index contributed by atoms with van der Waals surface area (Å²) in [5.41, 5.74) is 1.98. The number of hydrogen-bond donors (Lipinski definition) is 1. The van der Waals surface area contributed by atoms with E-state index in [1.165, 1.54) is 5.56 Å². The van der Waals surface area contributed by atoms with Crippen LogP contribution in [0.15, 0.2) is 30.9 Å². The smallest absolute Gasteiger partial charge is 0.212 e. The van der Waals surface area contributed by atoms with Gasteiger partial charge in [-0.15, -0.1) is 0 Å². The molecular formula is C17H21N7O. The minimum Gasteiger partial charge on any atom is -0.481 e. The molecule has 0 saturated carbocycles. The number of methoxy groups -OCH3 is 1. The highest BCUT2D eigenvalue weighted by molar-refractivity contribution is 5.86. The molecule has 1 aliphatic rings. The SMILES string of the molecule is COc1ccc(CN2CCN(c3ncnc4[nH]ncc34)CC2C)cn1. The van der Waals surface area contributed by atoms with E-state index < -0.39 is 0 Å². The van der Waals surface area contributed by atoms with Gasteiger partial charge in [-0.3, -0.25) is 10.00 Å². The number of aromatic amines is 1. The largest absolute Gasteiger partial charge is 0.481 e. The molecule has 1 fully saturated rings. The second-order valence-corrected chi connectivity index (χ2v) is 6.30. The van der Waals surface area contributed by atoms with Crippen LogP contribution >= 0.6 is 0 Å². The van der Waals surface area contributed by atoms with Gasteiger partial charge < -0.3 is 9.64 Å². The van der Waals surface area contributed by atoms with Crippen LogP contribution in [0.5, 0.6) is 5.88 Å². The van der Waals surface area contributed by atoms with Crippen LogP contribution in [0.2, 0.25) is 0 Å². The summed E-state index contributed by atoms with van der Waals surface area (Å²) >= 11 is 0. The zero-order valence-corrected chi connectivity index (χ0v) is 14.4. The molecular weight excluding hydrogens is 318 g/mol. The van der Waals surface area contributed by atoms with Gasteiger partial charge in [0.2, 0.25) is 5.88 Å². The van der Waals surface area contributed by atoms with Gasteiger partial charge in [0.1, 0.15) is 12.1 Å². The summed E-state index contributed by atoms with van der Waals surface area (Å²) in [6.45, 7) is 5.94. The second-order valence-electron chi connectivity index (χ2n) is 6.30. The number of nitrogens with zero attached hydrogens (tertiary/aromatic N) is 6. The highest BCUT2D eigenvalue weighted by atomic mass is 16.5. The molecule has 3 aromatic rings. The molecule has 130 valence electrons. The van der Waals surface area contributed by atoms with E-state index >= 15 is 0 Å². The Hall–Kier alpha value is -2.74. The Morgan fingerprint density at radius 1 is 1.20 bits per heavy atom. The van der Waals surface area contributed by atoms with Crippen LogP contribution in [0.4, 0.5) is 5.82 Å². The summed E-state index contributed by atoms with van der Waals surface area (Å²) in [4.78, 5) is 17.8. The van der Waals surface area contributed by atoms with E-state index in [1.54, 1.807) is 19.6 Å². The molecule has 0 spiro atoms. The van der Waals surface area contributed by atoms with E-state index in [2.05, 4.69) is 47.9 Å². The molecule has 0 amide bonds. The molecule has 0 aromatic carbocycles. The zero-order chi connectivity index (χ0) is 17.2. The van der Waals surface area contributed by atoms with Gasteiger partial charge in [0, 0.05) is 44.5 Å². The molecule has 25 heavy (non-hydrogen) atoms. The molecule has 4 heterocycles. The van der Waals surface area contributed by atoms with Crippen LogP contribution in [0, 0.1) is 0 Å². The van der Waals surface area contributed by atoms with Crippen molar-refractivity contribution in [3.8, 4) is 5.88 Å².